The predicted octanol–water partition coefficient (Wildman–Crippen LogP) is 1.35. The largest absolute Gasteiger partial charge is 0.484 e. The molecule has 3 N–H and O–H groups in total. The van der Waals surface area contributed by atoms with Crippen molar-refractivity contribution in [3.05, 3.63) is 59.7 Å². The van der Waals surface area contributed by atoms with Gasteiger partial charge >= 0.3 is 0 Å². The Kier molecular flexibility index (Phi) is 6.05. The highest BCUT2D eigenvalue weighted by molar-refractivity contribution is 7.89. The van der Waals surface area contributed by atoms with E-state index in [1.165, 1.54) is 18.2 Å². The highest BCUT2D eigenvalue weighted by Crippen LogP contribution is 2.15. The van der Waals surface area contributed by atoms with Gasteiger partial charge in [0.05, 0.1) is 4.90 Å². The molecule has 134 valence electrons. The van der Waals surface area contributed by atoms with Crippen molar-refractivity contribution in [2.75, 3.05) is 13.2 Å². The zero-order valence-electron chi connectivity index (χ0n) is 13.0. The lowest BCUT2D eigenvalue weighted by Gasteiger charge is -2.08. The number of amides is 1. The Morgan fingerprint density at radius 3 is 2.36 bits per heavy atom. The van der Waals surface area contributed by atoms with E-state index in [0.29, 0.717) is 13.0 Å². The molecular weight excluding hydrogens is 354 g/mol. The first-order chi connectivity index (χ1) is 11.8. The van der Waals surface area contributed by atoms with Gasteiger partial charge in [-0.2, -0.15) is 0 Å². The van der Waals surface area contributed by atoms with Gasteiger partial charge in [-0.05, 0) is 36.2 Å². The van der Waals surface area contributed by atoms with Crippen molar-refractivity contribution in [1.29, 1.82) is 0 Å². The van der Waals surface area contributed by atoms with Gasteiger partial charge in [-0.25, -0.2) is 22.3 Å². The zero-order chi connectivity index (χ0) is 18.4. The number of benzene rings is 2. The molecule has 0 aliphatic carbocycles. The van der Waals surface area contributed by atoms with Crippen molar-refractivity contribution in [3.63, 3.8) is 0 Å². The summed E-state index contributed by atoms with van der Waals surface area (Å²) in [6, 6.07) is 8.97. The molecule has 25 heavy (non-hydrogen) atoms. The van der Waals surface area contributed by atoms with Gasteiger partial charge in [-0.15, -0.1) is 0 Å². The minimum atomic E-state index is -3.73. The fraction of sp³-hybridized carbons (Fsp3) is 0.188. The number of hydrogen-bond acceptors (Lipinski definition) is 4. The lowest BCUT2D eigenvalue weighted by Crippen LogP contribution is -2.30. The Hall–Kier alpha value is -2.52. The standard InChI is InChI=1S/C16H16F2N2O4S/c17-14-6-3-12(9-15(14)18)24-10-16(21)20-8-7-11-1-4-13(5-2-11)25(19,22)23/h1-6,9H,7-8,10H2,(H,20,21)(H2,19,22,23). The van der Waals surface area contributed by atoms with Gasteiger partial charge in [-0.1, -0.05) is 12.1 Å². The maximum absolute atomic E-state index is 13.0. The van der Waals surface area contributed by atoms with Gasteiger partial charge in [0.25, 0.3) is 5.91 Å². The van der Waals surface area contributed by atoms with Gasteiger partial charge in [0.1, 0.15) is 5.75 Å². The first-order valence-electron chi connectivity index (χ1n) is 7.22. The van der Waals surface area contributed by atoms with Gasteiger partial charge in [-0.3, -0.25) is 4.79 Å². The van der Waals surface area contributed by atoms with Crippen molar-refractivity contribution in [3.8, 4) is 5.75 Å². The van der Waals surface area contributed by atoms with Crippen LogP contribution in [0.2, 0.25) is 0 Å². The highest BCUT2D eigenvalue weighted by atomic mass is 32.2. The molecule has 0 fully saturated rings. The molecule has 0 aliphatic heterocycles. The summed E-state index contributed by atoms with van der Waals surface area (Å²) < 4.78 is 53.1. The van der Waals surface area contributed by atoms with Crippen molar-refractivity contribution in [2.24, 2.45) is 5.14 Å². The molecule has 0 spiro atoms. The predicted molar refractivity (Wildman–Crippen MR) is 86.4 cm³/mol. The highest BCUT2D eigenvalue weighted by Gasteiger charge is 2.08. The van der Waals surface area contributed by atoms with E-state index < -0.39 is 27.6 Å². The molecule has 0 unspecified atom stereocenters. The second kappa shape index (κ2) is 8.04. The minimum absolute atomic E-state index is 0.0141. The number of carbonyl (C=O) groups is 1. The molecule has 0 bridgehead atoms. The topological polar surface area (TPSA) is 98.5 Å². The molecular formula is C16H16F2N2O4S. The molecule has 6 nitrogen and oxygen atoms in total. The monoisotopic (exact) mass is 370 g/mol. The Labute approximate surface area is 143 Å². The van der Waals surface area contributed by atoms with Crippen molar-refractivity contribution >= 4 is 15.9 Å². The van der Waals surface area contributed by atoms with Crippen LogP contribution in [0.15, 0.2) is 47.4 Å². The zero-order valence-corrected chi connectivity index (χ0v) is 13.9. The second-order valence-electron chi connectivity index (χ2n) is 5.15. The van der Waals surface area contributed by atoms with E-state index in [1.54, 1.807) is 12.1 Å². The van der Waals surface area contributed by atoms with Crippen LogP contribution in [0.1, 0.15) is 5.56 Å². The molecule has 9 heteroatoms. The van der Waals surface area contributed by atoms with E-state index in [2.05, 4.69) is 5.32 Å². The van der Waals surface area contributed by atoms with Crippen molar-refractivity contribution in [1.82, 2.24) is 5.32 Å². The van der Waals surface area contributed by atoms with Crippen LogP contribution in [0.3, 0.4) is 0 Å². The van der Waals surface area contributed by atoms with Crippen LogP contribution >= 0.6 is 0 Å². The lowest BCUT2D eigenvalue weighted by molar-refractivity contribution is -0.123. The molecule has 2 rings (SSSR count). The van der Waals surface area contributed by atoms with Crippen LogP contribution in [0.25, 0.3) is 0 Å². The second-order valence-corrected chi connectivity index (χ2v) is 6.71. The summed E-state index contributed by atoms with van der Waals surface area (Å²) in [5.41, 5.74) is 0.814. The average molecular weight is 370 g/mol. The van der Waals surface area contributed by atoms with Crippen molar-refractivity contribution in [2.45, 2.75) is 11.3 Å². The molecule has 0 radical (unpaired) electrons. The number of primary sulfonamides is 1. The van der Waals surface area contributed by atoms with E-state index in [4.69, 9.17) is 9.88 Å². The first kappa shape index (κ1) is 18.8. The minimum Gasteiger partial charge on any atom is -0.484 e. The number of rotatable bonds is 7. The molecule has 0 saturated heterocycles. The molecule has 0 saturated carbocycles. The quantitative estimate of drug-likeness (QED) is 0.769. The van der Waals surface area contributed by atoms with Crippen LogP contribution in [-0.2, 0) is 21.2 Å². The van der Waals surface area contributed by atoms with Crippen LogP contribution in [-0.4, -0.2) is 27.5 Å². The van der Waals surface area contributed by atoms with E-state index in [9.17, 15) is 22.0 Å². The fourth-order valence-electron chi connectivity index (χ4n) is 1.96. The van der Waals surface area contributed by atoms with Gasteiger partial charge < -0.3 is 10.1 Å². The number of ether oxygens (including phenoxy) is 1. The lowest BCUT2D eigenvalue weighted by atomic mass is 10.1. The van der Waals surface area contributed by atoms with E-state index in [-0.39, 0.29) is 17.3 Å². The summed E-state index contributed by atoms with van der Waals surface area (Å²) >= 11 is 0. The summed E-state index contributed by atoms with van der Waals surface area (Å²) in [6.07, 6.45) is 0.474. The third-order valence-electron chi connectivity index (χ3n) is 3.25. The van der Waals surface area contributed by atoms with Gasteiger partial charge in [0.15, 0.2) is 18.2 Å². The smallest absolute Gasteiger partial charge is 0.257 e. The Bertz CT molecular complexity index is 855. The average Bonchev–Trinajstić information content (AvgIpc) is 2.55. The van der Waals surface area contributed by atoms with Crippen LogP contribution < -0.4 is 15.2 Å². The summed E-state index contributed by atoms with van der Waals surface area (Å²) in [4.78, 5) is 11.7. The van der Waals surface area contributed by atoms with Gasteiger partial charge in [0.2, 0.25) is 10.0 Å². The summed E-state index contributed by atoms with van der Waals surface area (Å²) in [5.74, 6) is -2.43. The first-order valence-corrected chi connectivity index (χ1v) is 8.76. The summed E-state index contributed by atoms with van der Waals surface area (Å²) in [5, 5.41) is 7.60. The summed E-state index contributed by atoms with van der Waals surface area (Å²) in [7, 11) is -3.73. The third kappa shape index (κ3) is 5.80. The molecule has 0 atom stereocenters. The number of carbonyl (C=O) groups excluding carboxylic acids is 1. The fourth-order valence-corrected chi connectivity index (χ4v) is 2.47. The van der Waals surface area contributed by atoms with E-state index in [1.807, 2.05) is 0 Å². The number of nitrogens with two attached hydrogens (primary N) is 1. The molecule has 2 aromatic rings. The number of sulfonamides is 1. The van der Waals surface area contributed by atoms with E-state index >= 15 is 0 Å². The SMILES string of the molecule is NS(=O)(=O)c1ccc(CCNC(=O)COc2ccc(F)c(F)c2)cc1. The Balaban J connectivity index is 1.75. The summed E-state index contributed by atoms with van der Waals surface area (Å²) in [6.45, 7) is -0.0376. The van der Waals surface area contributed by atoms with Crippen LogP contribution in [0.5, 0.6) is 5.75 Å². The van der Waals surface area contributed by atoms with Crippen LogP contribution in [0, 0.1) is 11.6 Å². The van der Waals surface area contributed by atoms with Gasteiger partial charge in [0, 0.05) is 12.6 Å². The normalized spacial score (nSPS) is 11.2. The molecule has 2 aromatic carbocycles. The maximum Gasteiger partial charge on any atom is 0.257 e. The third-order valence-corrected chi connectivity index (χ3v) is 4.18. The van der Waals surface area contributed by atoms with E-state index in [0.717, 1.165) is 17.7 Å². The number of nitrogens with one attached hydrogen (secondary N) is 1. The van der Waals surface area contributed by atoms with Crippen LogP contribution in [0.4, 0.5) is 8.78 Å². The van der Waals surface area contributed by atoms with Crippen molar-refractivity contribution < 1.29 is 26.7 Å². The molecule has 0 aliphatic rings. The number of halogens is 2. The molecule has 1 amide bonds. The molecule has 0 aromatic heterocycles. The Morgan fingerprint density at radius 1 is 1.08 bits per heavy atom. The maximum atomic E-state index is 13.0. The Morgan fingerprint density at radius 2 is 1.76 bits per heavy atom. The molecule has 0 heterocycles. The number of hydrogen-bond donors (Lipinski definition) is 2.